The van der Waals surface area contributed by atoms with Gasteiger partial charge in [-0.15, -0.1) is 0 Å². The van der Waals surface area contributed by atoms with Gasteiger partial charge >= 0.3 is 5.69 Å². The van der Waals surface area contributed by atoms with Crippen LogP contribution in [-0.4, -0.2) is 23.1 Å². The first kappa shape index (κ1) is 12.5. The number of hydrogen-bond acceptors (Lipinski definition) is 3. The molecule has 0 aliphatic heterocycles. The zero-order valence-corrected chi connectivity index (χ0v) is 10.00. The highest BCUT2D eigenvalue weighted by atomic mass is 19.1. The van der Waals surface area contributed by atoms with Crippen LogP contribution in [0.2, 0.25) is 0 Å². The number of rotatable bonds is 4. The van der Waals surface area contributed by atoms with Gasteiger partial charge in [0.15, 0.2) is 0 Å². The molecule has 0 radical (unpaired) electrons. The largest absolute Gasteiger partial charge is 0.328 e. The molecule has 0 aliphatic carbocycles. The van der Waals surface area contributed by atoms with Gasteiger partial charge in [0.2, 0.25) is 0 Å². The number of halogens is 1. The molecule has 0 amide bonds. The van der Waals surface area contributed by atoms with E-state index in [1.54, 1.807) is 7.05 Å². The van der Waals surface area contributed by atoms with E-state index < -0.39 is 11.5 Å². The van der Waals surface area contributed by atoms with Gasteiger partial charge in [0.25, 0.3) is 5.56 Å². The molecule has 2 rings (SSSR count). The normalized spacial score (nSPS) is 11.0. The molecule has 0 aliphatic rings. The van der Waals surface area contributed by atoms with Gasteiger partial charge in [-0.25, -0.2) is 9.18 Å². The van der Waals surface area contributed by atoms with Crippen molar-refractivity contribution in [2.45, 2.75) is 13.0 Å². The number of aromatic amines is 1. The number of fused-ring (bicyclic) bond motifs is 1. The minimum absolute atomic E-state index is 0.231. The number of hydrogen-bond donors (Lipinski definition) is 2. The van der Waals surface area contributed by atoms with Crippen LogP contribution < -0.4 is 16.6 Å². The Hall–Kier alpha value is -1.95. The summed E-state index contributed by atoms with van der Waals surface area (Å²) in [4.78, 5) is 26.3. The average molecular weight is 251 g/mol. The summed E-state index contributed by atoms with van der Waals surface area (Å²) in [6.45, 7) is 1.05. The number of nitrogens with one attached hydrogen (secondary N) is 2. The van der Waals surface area contributed by atoms with E-state index in [9.17, 15) is 14.0 Å². The van der Waals surface area contributed by atoms with Gasteiger partial charge in [-0.1, -0.05) is 0 Å². The third-order valence-electron chi connectivity index (χ3n) is 2.75. The van der Waals surface area contributed by atoms with Crippen molar-refractivity contribution in [2.75, 3.05) is 13.6 Å². The van der Waals surface area contributed by atoms with Crippen LogP contribution in [0.3, 0.4) is 0 Å². The summed E-state index contributed by atoms with van der Waals surface area (Å²) < 4.78 is 14.1. The molecule has 0 spiro atoms. The SMILES string of the molecule is CNCCCn1c(=O)[nH]c2cc(F)ccc2c1=O. The monoisotopic (exact) mass is 251 g/mol. The molecule has 0 saturated carbocycles. The lowest BCUT2D eigenvalue weighted by Crippen LogP contribution is -2.35. The molecule has 0 atom stereocenters. The molecule has 2 aromatic rings. The molecule has 0 unspecified atom stereocenters. The molecule has 1 aromatic heterocycles. The summed E-state index contributed by atoms with van der Waals surface area (Å²) in [5.41, 5.74) is -0.658. The van der Waals surface area contributed by atoms with Crippen LogP contribution >= 0.6 is 0 Å². The summed E-state index contributed by atoms with van der Waals surface area (Å²) >= 11 is 0. The van der Waals surface area contributed by atoms with Crippen molar-refractivity contribution in [1.82, 2.24) is 14.9 Å². The van der Waals surface area contributed by atoms with E-state index in [4.69, 9.17) is 0 Å². The van der Waals surface area contributed by atoms with Crippen molar-refractivity contribution in [3.8, 4) is 0 Å². The number of nitrogens with zero attached hydrogens (tertiary/aromatic N) is 1. The summed E-state index contributed by atoms with van der Waals surface area (Å²) in [7, 11) is 1.80. The van der Waals surface area contributed by atoms with E-state index in [1.807, 2.05) is 0 Å². The molecule has 1 aromatic carbocycles. The van der Waals surface area contributed by atoms with E-state index in [2.05, 4.69) is 10.3 Å². The second kappa shape index (κ2) is 5.14. The van der Waals surface area contributed by atoms with Gasteiger partial charge in [-0.2, -0.15) is 0 Å². The van der Waals surface area contributed by atoms with Crippen LogP contribution in [0.4, 0.5) is 4.39 Å². The Labute approximate surface area is 102 Å². The minimum atomic E-state index is -0.505. The highest BCUT2D eigenvalue weighted by Crippen LogP contribution is 2.07. The first-order chi connectivity index (χ1) is 8.63. The van der Waals surface area contributed by atoms with Crippen molar-refractivity contribution < 1.29 is 4.39 Å². The number of H-pyrrole nitrogens is 1. The minimum Gasteiger partial charge on any atom is -0.320 e. The van der Waals surface area contributed by atoms with Gasteiger partial charge in [0, 0.05) is 6.54 Å². The van der Waals surface area contributed by atoms with Gasteiger partial charge in [0.1, 0.15) is 5.82 Å². The molecular formula is C12H14FN3O2. The van der Waals surface area contributed by atoms with Crippen molar-refractivity contribution in [3.63, 3.8) is 0 Å². The topological polar surface area (TPSA) is 66.9 Å². The van der Waals surface area contributed by atoms with E-state index in [-0.39, 0.29) is 11.1 Å². The Morgan fingerprint density at radius 2 is 2.17 bits per heavy atom. The third kappa shape index (κ3) is 2.33. The van der Waals surface area contributed by atoms with E-state index in [0.717, 1.165) is 10.6 Å². The molecule has 0 bridgehead atoms. The molecule has 2 N–H and O–H groups in total. The van der Waals surface area contributed by atoms with Gasteiger partial charge in [0.05, 0.1) is 10.9 Å². The van der Waals surface area contributed by atoms with E-state index >= 15 is 0 Å². The summed E-state index contributed by atoms with van der Waals surface area (Å²) in [6.07, 6.45) is 0.673. The van der Waals surface area contributed by atoms with Gasteiger partial charge < -0.3 is 10.3 Å². The van der Waals surface area contributed by atoms with E-state index in [1.165, 1.54) is 12.1 Å². The zero-order chi connectivity index (χ0) is 13.1. The zero-order valence-electron chi connectivity index (χ0n) is 10.00. The number of benzene rings is 1. The highest BCUT2D eigenvalue weighted by molar-refractivity contribution is 5.77. The first-order valence-electron chi connectivity index (χ1n) is 5.70. The lowest BCUT2D eigenvalue weighted by molar-refractivity contribution is 0.577. The standard InChI is InChI=1S/C12H14FN3O2/c1-14-5-2-6-16-11(17)9-4-3-8(13)7-10(9)15-12(16)18/h3-4,7,14H,2,5-6H2,1H3,(H,15,18). The molecule has 0 saturated heterocycles. The molecular weight excluding hydrogens is 237 g/mol. The summed E-state index contributed by atoms with van der Waals surface area (Å²) in [6, 6.07) is 3.74. The lowest BCUT2D eigenvalue weighted by Gasteiger charge is -2.06. The summed E-state index contributed by atoms with van der Waals surface area (Å²) in [5, 5.41) is 3.26. The van der Waals surface area contributed by atoms with Crippen LogP contribution in [0.15, 0.2) is 27.8 Å². The molecule has 18 heavy (non-hydrogen) atoms. The predicted octanol–water partition coefficient (Wildman–Crippen LogP) is 0.438. The smallest absolute Gasteiger partial charge is 0.320 e. The fraction of sp³-hybridized carbons (Fsp3) is 0.333. The fourth-order valence-electron chi connectivity index (χ4n) is 1.84. The average Bonchev–Trinajstić information content (AvgIpc) is 2.33. The van der Waals surface area contributed by atoms with Crippen LogP contribution in [0.5, 0.6) is 0 Å². The second-order valence-electron chi connectivity index (χ2n) is 4.03. The highest BCUT2D eigenvalue weighted by Gasteiger charge is 2.07. The van der Waals surface area contributed by atoms with Crippen molar-refractivity contribution in [2.24, 2.45) is 0 Å². The van der Waals surface area contributed by atoms with Crippen molar-refractivity contribution >= 4 is 10.9 Å². The molecule has 96 valence electrons. The van der Waals surface area contributed by atoms with Crippen molar-refractivity contribution in [3.05, 3.63) is 44.9 Å². The maximum absolute atomic E-state index is 13.0. The maximum Gasteiger partial charge on any atom is 0.328 e. The predicted molar refractivity (Wildman–Crippen MR) is 67.3 cm³/mol. The van der Waals surface area contributed by atoms with Crippen molar-refractivity contribution in [1.29, 1.82) is 0 Å². The maximum atomic E-state index is 13.0. The quantitative estimate of drug-likeness (QED) is 0.775. The Balaban J connectivity index is 2.52. The van der Waals surface area contributed by atoms with Crippen LogP contribution in [-0.2, 0) is 6.54 Å². The van der Waals surface area contributed by atoms with Crippen LogP contribution in [0, 0.1) is 5.82 Å². The molecule has 0 fully saturated rings. The Morgan fingerprint density at radius 3 is 2.89 bits per heavy atom. The second-order valence-corrected chi connectivity index (χ2v) is 4.03. The Bertz CT molecular complexity index is 675. The fourth-order valence-corrected chi connectivity index (χ4v) is 1.84. The molecule has 5 nitrogen and oxygen atoms in total. The lowest BCUT2D eigenvalue weighted by atomic mass is 10.2. The van der Waals surface area contributed by atoms with Crippen LogP contribution in [0.1, 0.15) is 6.42 Å². The Kier molecular flexibility index (Phi) is 3.57. The van der Waals surface area contributed by atoms with Gasteiger partial charge in [-0.3, -0.25) is 9.36 Å². The van der Waals surface area contributed by atoms with Crippen LogP contribution in [0.25, 0.3) is 10.9 Å². The van der Waals surface area contributed by atoms with Gasteiger partial charge in [-0.05, 0) is 38.2 Å². The summed E-state index contributed by atoms with van der Waals surface area (Å²) in [5.74, 6) is -0.481. The molecule has 6 heteroatoms. The van der Waals surface area contributed by atoms with E-state index in [0.29, 0.717) is 24.9 Å². The Morgan fingerprint density at radius 1 is 1.39 bits per heavy atom. The first-order valence-corrected chi connectivity index (χ1v) is 5.70. The third-order valence-corrected chi connectivity index (χ3v) is 2.75. The molecule has 1 heterocycles. The number of aromatic nitrogens is 2.